The van der Waals surface area contributed by atoms with E-state index in [-0.39, 0.29) is 18.1 Å². The van der Waals surface area contributed by atoms with Gasteiger partial charge in [0.05, 0.1) is 0 Å². The maximum absolute atomic E-state index is 9.00. The highest BCUT2D eigenvalue weighted by atomic mass is 32.1. The molecule has 0 bridgehead atoms. The molecule has 0 aliphatic heterocycles. The first-order chi connectivity index (χ1) is 6.11. The van der Waals surface area contributed by atoms with Crippen LogP contribution < -0.4 is 5.73 Å². The number of nitrogens with two attached hydrogens (primary N) is 1. The first kappa shape index (κ1) is 10.7. The molecular formula is C10H17NOS. The highest BCUT2D eigenvalue weighted by Gasteiger charge is 2.30. The molecule has 2 unspecified atom stereocenters. The van der Waals surface area contributed by atoms with Crippen molar-refractivity contribution < 1.29 is 5.11 Å². The minimum absolute atomic E-state index is 0.0641. The second-order valence-electron chi connectivity index (χ2n) is 3.69. The van der Waals surface area contributed by atoms with Crippen molar-refractivity contribution in [1.82, 2.24) is 0 Å². The molecule has 0 spiro atoms. The molecule has 1 rings (SSSR count). The maximum atomic E-state index is 9.00. The first-order valence-electron chi connectivity index (χ1n) is 4.50. The molecule has 1 aromatic rings. The standard InChI is InChI=1S/C10H17NOS/c1-8(11)10(2,4-5-12)9-3-6-13-7-9/h3,6-8,12H,4-5,11H2,1-2H3. The van der Waals surface area contributed by atoms with E-state index < -0.39 is 0 Å². The molecule has 0 saturated heterocycles. The van der Waals surface area contributed by atoms with Crippen LogP contribution in [0.2, 0.25) is 0 Å². The van der Waals surface area contributed by atoms with Gasteiger partial charge >= 0.3 is 0 Å². The quantitative estimate of drug-likeness (QED) is 0.776. The van der Waals surface area contributed by atoms with Crippen LogP contribution in [0.25, 0.3) is 0 Å². The summed E-state index contributed by atoms with van der Waals surface area (Å²) in [6.45, 7) is 4.29. The lowest BCUT2D eigenvalue weighted by Crippen LogP contribution is -2.41. The highest BCUT2D eigenvalue weighted by molar-refractivity contribution is 7.08. The molecule has 2 nitrogen and oxygen atoms in total. The Labute approximate surface area is 83.4 Å². The number of hydrogen-bond donors (Lipinski definition) is 2. The fraction of sp³-hybridized carbons (Fsp3) is 0.600. The van der Waals surface area contributed by atoms with E-state index in [1.165, 1.54) is 5.56 Å². The average molecular weight is 199 g/mol. The summed E-state index contributed by atoms with van der Waals surface area (Å²) in [6.07, 6.45) is 0.724. The molecule has 0 aromatic carbocycles. The highest BCUT2D eigenvalue weighted by Crippen LogP contribution is 2.31. The molecule has 1 aromatic heterocycles. The van der Waals surface area contributed by atoms with Crippen molar-refractivity contribution in [1.29, 1.82) is 0 Å². The molecule has 1 heterocycles. The van der Waals surface area contributed by atoms with Crippen LogP contribution in [0.1, 0.15) is 25.8 Å². The Morgan fingerprint density at radius 3 is 2.77 bits per heavy atom. The molecule has 74 valence electrons. The fourth-order valence-electron chi connectivity index (χ4n) is 1.46. The molecule has 2 atom stereocenters. The third-order valence-electron chi connectivity index (χ3n) is 2.82. The fourth-order valence-corrected chi connectivity index (χ4v) is 2.25. The van der Waals surface area contributed by atoms with E-state index in [4.69, 9.17) is 10.8 Å². The molecule has 0 amide bonds. The van der Waals surface area contributed by atoms with Crippen molar-refractivity contribution in [3.05, 3.63) is 22.4 Å². The van der Waals surface area contributed by atoms with Gasteiger partial charge in [-0.15, -0.1) is 0 Å². The molecule has 0 aliphatic rings. The zero-order valence-corrected chi connectivity index (χ0v) is 8.97. The number of hydrogen-bond acceptors (Lipinski definition) is 3. The Bertz CT molecular complexity index is 245. The number of aliphatic hydroxyl groups is 1. The summed E-state index contributed by atoms with van der Waals surface area (Å²) in [5, 5.41) is 13.2. The van der Waals surface area contributed by atoms with Crippen LogP contribution in [0, 0.1) is 0 Å². The molecule has 13 heavy (non-hydrogen) atoms. The van der Waals surface area contributed by atoms with E-state index in [0.29, 0.717) is 0 Å². The lowest BCUT2D eigenvalue weighted by Gasteiger charge is -2.32. The smallest absolute Gasteiger partial charge is 0.0440 e. The van der Waals surface area contributed by atoms with Gasteiger partial charge in [0.2, 0.25) is 0 Å². The predicted octanol–water partition coefficient (Wildman–Crippen LogP) is 1.74. The van der Waals surface area contributed by atoms with Gasteiger partial charge in [0.25, 0.3) is 0 Å². The first-order valence-corrected chi connectivity index (χ1v) is 5.44. The van der Waals surface area contributed by atoms with Crippen LogP contribution in [0.4, 0.5) is 0 Å². The average Bonchev–Trinajstić information content (AvgIpc) is 2.56. The van der Waals surface area contributed by atoms with E-state index >= 15 is 0 Å². The Hall–Kier alpha value is -0.380. The molecule has 0 aliphatic carbocycles. The summed E-state index contributed by atoms with van der Waals surface area (Å²) in [5.41, 5.74) is 7.09. The van der Waals surface area contributed by atoms with Crippen molar-refractivity contribution >= 4 is 11.3 Å². The van der Waals surface area contributed by atoms with Crippen LogP contribution in [-0.2, 0) is 5.41 Å². The Balaban J connectivity index is 2.91. The van der Waals surface area contributed by atoms with Gasteiger partial charge in [-0.25, -0.2) is 0 Å². The summed E-state index contributed by atoms with van der Waals surface area (Å²) in [4.78, 5) is 0. The zero-order valence-electron chi connectivity index (χ0n) is 8.16. The molecule has 0 fully saturated rings. The van der Waals surface area contributed by atoms with Gasteiger partial charge in [-0.3, -0.25) is 0 Å². The van der Waals surface area contributed by atoms with Gasteiger partial charge in [0, 0.05) is 18.1 Å². The van der Waals surface area contributed by atoms with Crippen molar-refractivity contribution in [2.24, 2.45) is 5.73 Å². The van der Waals surface area contributed by atoms with Gasteiger partial charge in [0.15, 0.2) is 0 Å². The summed E-state index contributed by atoms with van der Waals surface area (Å²) in [7, 11) is 0. The summed E-state index contributed by atoms with van der Waals surface area (Å²) >= 11 is 1.67. The van der Waals surface area contributed by atoms with E-state index in [9.17, 15) is 0 Å². The van der Waals surface area contributed by atoms with Crippen LogP contribution in [-0.4, -0.2) is 17.8 Å². The van der Waals surface area contributed by atoms with Gasteiger partial charge in [-0.1, -0.05) is 6.92 Å². The monoisotopic (exact) mass is 199 g/mol. The molecule has 3 N–H and O–H groups in total. The summed E-state index contributed by atoms with van der Waals surface area (Å²) < 4.78 is 0. The number of rotatable bonds is 4. The normalized spacial score (nSPS) is 18.2. The topological polar surface area (TPSA) is 46.2 Å². The maximum Gasteiger partial charge on any atom is 0.0440 e. The van der Waals surface area contributed by atoms with Crippen LogP contribution in [0.15, 0.2) is 16.8 Å². The van der Waals surface area contributed by atoms with Crippen LogP contribution >= 0.6 is 11.3 Å². The van der Waals surface area contributed by atoms with Gasteiger partial charge in [-0.05, 0) is 35.7 Å². The minimum atomic E-state index is -0.0885. The van der Waals surface area contributed by atoms with E-state index in [2.05, 4.69) is 18.4 Å². The van der Waals surface area contributed by atoms with Crippen LogP contribution in [0.5, 0.6) is 0 Å². The third-order valence-corrected chi connectivity index (χ3v) is 3.50. The second kappa shape index (κ2) is 4.22. The van der Waals surface area contributed by atoms with Gasteiger partial charge < -0.3 is 10.8 Å². The largest absolute Gasteiger partial charge is 0.396 e. The number of thiophene rings is 1. The van der Waals surface area contributed by atoms with Gasteiger partial charge in [0.1, 0.15) is 0 Å². The Kier molecular flexibility index (Phi) is 3.47. The lowest BCUT2D eigenvalue weighted by molar-refractivity contribution is 0.230. The molecule has 0 radical (unpaired) electrons. The van der Waals surface area contributed by atoms with E-state index in [1.54, 1.807) is 11.3 Å². The molecule has 0 saturated carbocycles. The van der Waals surface area contributed by atoms with Gasteiger partial charge in [-0.2, -0.15) is 11.3 Å². The zero-order chi connectivity index (χ0) is 9.90. The van der Waals surface area contributed by atoms with Crippen molar-refractivity contribution in [2.45, 2.75) is 31.7 Å². The number of aliphatic hydroxyl groups excluding tert-OH is 1. The van der Waals surface area contributed by atoms with E-state index in [0.717, 1.165) is 6.42 Å². The van der Waals surface area contributed by atoms with Crippen LogP contribution in [0.3, 0.4) is 0 Å². The van der Waals surface area contributed by atoms with Crippen molar-refractivity contribution in [3.8, 4) is 0 Å². The second-order valence-corrected chi connectivity index (χ2v) is 4.47. The molecule has 3 heteroatoms. The van der Waals surface area contributed by atoms with Crippen molar-refractivity contribution in [2.75, 3.05) is 6.61 Å². The minimum Gasteiger partial charge on any atom is -0.396 e. The lowest BCUT2D eigenvalue weighted by atomic mass is 9.76. The SMILES string of the molecule is CC(N)C(C)(CCO)c1ccsc1. The predicted molar refractivity (Wildman–Crippen MR) is 57.0 cm³/mol. The van der Waals surface area contributed by atoms with E-state index in [1.807, 2.05) is 12.3 Å². The molecular weight excluding hydrogens is 182 g/mol. The Morgan fingerprint density at radius 2 is 2.38 bits per heavy atom. The summed E-state index contributed by atoms with van der Waals surface area (Å²) in [5.74, 6) is 0. The van der Waals surface area contributed by atoms with Crippen molar-refractivity contribution in [3.63, 3.8) is 0 Å². The summed E-state index contributed by atoms with van der Waals surface area (Å²) in [6, 6.07) is 2.15. The Morgan fingerprint density at radius 1 is 1.69 bits per heavy atom. The third kappa shape index (κ3) is 2.10.